The lowest BCUT2D eigenvalue weighted by Gasteiger charge is -2.20. The van der Waals surface area contributed by atoms with Crippen molar-refractivity contribution in [1.29, 1.82) is 0 Å². The number of amides is 1. The quantitative estimate of drug-likeness (QED) is 0.628. The minimum atomic E-state index is -0.139. The van der Waals surface area contributed by atoms with E-state index in [0.717, 1.165) is 29.8 Å². The van der Waals surface area contributed by atoms with E-state index >= 15 is 0 Å². The Morgan fingerprint density at radius 3 is 2.43 bits per heavy atom. The van der Waals surface area contributed by atoms with Gasteiger partial charge in [0.1, 0.15) is 5.82 Å². The second kappa shape index (κ2) is 8.17. The van der Waals surface area contributed by atoms with Crippen LogP contribution in [0.2, 0.25) is 0 Å². The molecule has 4 nitrogen and oxygen atoms in total. The smallest absolute Gasteiger partial charge is 0.220 e. The van der Waals surface area contributed by atoms with E-state index in [0.29, 0.717) is 6.42 Å². The first-order valence-electron chi connectivity index (χ1n) is 10.1. The molecule has 0 saturated carbocycles. The molecule has 4 heteroatoms. The zero-order chi connectivity index (χ0) is 20.3. The Balaban J connectivity index is 1.94. The molecule has 0 aliphatic carbocycles. The molecule has 1 aromatic heterocycles. The summed E-state index contributed by atoms with van der Waals surface area (Å²) in [5, 5.41) is 3.09. The first-order chi connectivity index (χ1) is 13.3. The van der Waals surface area contributed by atoms with Crippen molar-refractivity contribution in [3.05, 3.63) is 65.5 Å². The number of hydrogen-bond donors (Lipinski definition) is 1. The number of para-hydroxylation sites is 2. The maximum atomic E-state index is 12.1. The molecule has 0 aliphatic heterocycles. The van der Waals surface area contributed by atoms with Gasteiger partial charge in [0.05, 0.1) is 17.1 Å². The summed E-state index contributed by atoms with van der Waals surface area (Å²) >= 11 is 0. The minimum absolute atomic E-state index is 0.0723. The van der Waals surface area contributed by atoms with Crippen molar-refractivity contribution < 1.29 is 4.79 Å². The number of carbonyl (C=O) groups is 1. The van der Waals surface area contributed by atoms with Gasteiger partial charge in [0.2, 0.25) is 5.91 Å². The fourth-order valence-electron chi connectivity index (χ4n) is 3.49. The molecule has 0 radical (unpaired) electrons. The highest BCUT2D eigenvalue weighted by Crippen LogP contribution is 2.25. The molecule has 0 fully saturated rings. The normalized spacial score (nSPS) is 12.9. The predicted octanol–water partition coefficient (Wildman–Crippen LogP) is 5.36. The maximum absolute atomic E-state index is 12.1. The van der Waals surface area contributed by atoms with E-state index in [9.17, 15) is 4.79 Å². The highest BCUT2D eigenvalue weighted by Gasteiger charge is 2.19. The first kappa shape index (κ1) is 20.1. The monoisotopic (exact) mass is 377 g/mol. The van der Waals surface area contributed by atoms with Gasteiger partial charge in [-0.3, -0.25) is 4.79 Å². The molecule has 1 unspecified atom stereocenters. The van der Waals surface area contributed by atoms with Crippen LogP contribution in [-0.4, -0.2) is 15.5 Å². The number of aromatic nitrogens is 2. The Morgan fingerprint density at radius 2 is 1.79 bits per heavy atom. The summed E-state index contributed by atoms with van der Waals surface area (Å²) in [5.74, 6) is 0.966. The summed E-state index contributed by atoms with van der Waals surface area (Å²) in [5.41, 5.74) is 4.75. The van der Waals surface area contributed by atoms with Crippen molar-refractivity contribution in [3.8, 4) is 0 Å². The summed E-state index contributed by atoms with van der Waals surface area (Å²) in [7, 11) is 0. The second-order valence-electron chi connectivity index (χ2n) is 8.53. The molecule has 1 N–H and O–H groups in total. The molecule has 1 atom stereocenters. The molecule has 3 rings (SSSR count). The lowest BCUT2D eigenvalue weighted by molar-refractivity contribution is -0.121. The number of rotatable bonds is 6. The third kappa shape index (κ3) is 4.44. The molecule has 0 spiro atoms. The van der Waals surface area contributed by atoms with Crippen LogP contribution >= 0.6 is 0 Å². The van der Waals surface area contributed by atoms with E-state index in [1.807, 2.05) is 32.0 Å². The summed E-state index contributed by atoms with van der Waals surface area (Å²) in [6, 6.07) is 16.8. The molecule has 148 valence electrons. The number of nitrogens with one attached hydrogen (secondary N) is 1. The standard InChI is InChI=1S/C24H31N3O/c1-6-9-22(28)25-17(2)23-26-20-10-7-8-11-21(20)27(23)16-18-12-14-19(15-13-18)24(3,4)5/h7-8,10-15,17H,6,9,16H2,1-5H3,(H,25,28). The third-order valence-corrected chi connectivity index (χ3v) is 5.09. The Labute approximate surface area is 168 Å². The summed E-state index contributed by atoms with van der Waals surface area (Å²) in [6.07, 6.45) is 1.38. The molecular weight excluding hydrogens is 346 g/mol. The van der Waals surface area contributed by atoms with E-state index in [1.165, 1.54) is 11.1 Å². The fraction of sp³-hybridized carbons (Fsp3) is 0.417. The number of carbonyl (C=O) groups excluding carboxylic acids is 1. The zero-order valence-electron chi connectivity index (χ0n) is 17.6. The highest BCUT2D eigenvalue weighted by atomic mass is 16.1. The van der Waals surface area contributed by atoms with Gasteiger partial charge in [0, 0.05) is 13.0 Å². The molecule has 3 aromatic rings. The summed E-state index contributed by atoms with van der Waals surface area (Å²) in [6.45, 7) is 11.4. The van der Waals surface area contributed by atoms with Gasteiger partial charge in [0.15, 0.2) is 0 Å². The lowest BCUT2D eigenvalue weighted by Crippen LogP contribution is -2.28. The number of imidazole rings is 1. The largest absolute Gasteiger partial charge is 0.346 e. The van der Waals surface area contributed by atoms with Crippen LogP contribution in [0.4, 0.5) is 0 Å². The number of fused-ring (bicyclic) bond motifs is 1. The van der Waals surface area contributed by atoms with Gasteiger partial charge in [-0.1, -0.05) is 64.1 Å². The average molecular weight is 378 g/mol. The van der Waals surface area contributed by atoms with Crippen LogP contribution in [0.5, 0.6) is 0 Å². The third-order valence-electron chi connectivity index (χ3n) is 5.09. The molecule has 28 heavy (non-hydrogen) atoms. The van der Waals surface area contributed by atoms with E-state index in [1.54, 1.807) is 0 Å². The van der Waals surface area contributed by atoms with E-state index in [4.69, 9.17) is 4.98 Å². The van der Waals surface area contributed by atoms with Gasteiger partial charge in [0.25, 0.3) is 0 Å². The van der Waals surface area contributed by atoms with Crippen LogP contribution in [-0.2, 0) is 16.8 Å². The van der Waals surface area contributed by atoms with E-state index in [-0.39, 0.29) is 17.4 Å². The van der Waals surface area contributed by atoms with Crippen LogP contribution in [0, 0.1) is 0 Å². The van der Waals surface area contributed by atoms with Crippen LogP contribution in [0.3, 0.4) is 0 Å². The van der Waals surface area contributed by atoms with Crippen LogP contribution in [0.25, 0.3) is 11.0 Å². The maximum Gasteiger partial charge on any atom is 0.220 e. The van der Waals surface area contributed by atoms with Crippen molar-refractivity contribution in [2.24, 2.45) is 0 Å². The van der Waals surface area contributed by atoms with Crippen molar-refractivity contribution in [1.82, 2.24) is 14.9 Å². The minimum Gasteiger partial charge on any atom is -0.346 e. The van der Waals surface area contributed by atoms with Crippen molar-refractivity contribution in [2.45, 2.75) is 65.5 Å². The average Bonchev–Trinajstić information content (AvgIpc) is 3.00. The first-order valence-corrected chi connectivity index (χ1v) is 10.1. The van der Waals surface area contributed by atoms with E-state index < -0.39 is 0 Å². The molecular formula is C24H31N3O. The number of hydrogen-bond acceptors (Lipinski definition) is 2. The highest BCUT2D eigenvalue weighted by molar-refractivity contribution is 5.78. The van der Waals surface area contributed by atoms with Gasteiger partial charge in [-0.25, -0.2) is 4.98 Å². The second-order valence-corrected chi connectivity index (χ2v) is 8.53. The van der Waals surface area contributed by atoms with Gasteiger partial charge in [-0.2, -0.15) is 0 Å². The molecule has 0 saturated heterocycles. The van der Waals surface area contributed by atoms with Gasteiger partial charge in [-0.05, 0) is 42.0 Å². The van der Waals surface area contributed by atoms with Gasteiger partial charge >= 0.3 is 0 Å². The van der Waals surface area contributed by atoms with Gasteiger partial charge < -0.3 is 9.88 Å². The Bertz CT molecular complexity index is 948. The summed E-state index contributed by atoms with van der Waals surface area (Å²) < 4.78 is 2.22. The lowest BCUT2D eigenvalue weighted by atomic mass is 9.87. The van der Waals surface area contributed by atoms with Crippen molar-refractivity contribution >= 4 is 16.9 Å². The summed E-state index contributed by atoms with van der Waals surface area (Å²) in [4.78, 5) is 16.9. The van der Waals surface area contributed by atoms with Crippen LogP contribution in [0.1, 0.15) is 70.5 Å². The Hall–Kier alpha value is -2.62. The Morgan fingerprint density at radius 1 is 1.11 bits per heavy atom. The van der Waals surface area contributed by atoms with Gasteiger partial charge in [-0.15, -0.1) is 0 Å². The molecule has 2 aromatic carbocycles. The topological polar surface area (TPSA) is 46.9 Å². The molecule has 0 aliphatic rings. The SMILES string of the molecule is CCCC(=O)NC(C)c1nc2ccccc2n1Cc1ccc(C(C)(C)C)cc1. The fourth-order valence-corrected chi connectivity index (χ4v) is 3.49. The zero-order valence-corrected chi connectivity index (χ0v) is 17.6. The molecule has 1 amide bonds. The van der Waals surface area contributed by atoms with Crippen molar-refractivity contribution in [2.75, 3.05) is 0 Å². The Kier molecular flexibility index (Phi) is 5.87. The predicted molar refractivity (Wildman–Crippen MR) is 115 cm³/mol. The van der Waals surface area contributed by atoms with Crippen LogP contribution < -0.4 is 5.32 Å². The van der Waals surface area contributed by atoms with Crippen molar-refractivity contribution in [3.63, 3.8) is 0 Å². The van der Waals surface area contributed by atoms with Crippen LogP contribution in [0.15, 0.2) is 48.5 Å². The number of benzene rings is 2. The molecule has 1 heterocycles. The van der Waals surface area contributed by atoms with E-state index in [2.05, 4.69) is 61.0 Å². The molecule has 0 bridgehead atoms. The number of nitrogens with zero attached hydrogens (tertiary/aromatic N) is 2.